The third-order valence-corrected chi connectivity index (χ3v) is 2.98. The van der Waals surface area contributed by atoms with Crippen LogP contribution in [-0.2, 0) is 0 Å². The van der Waals surface area contributed by atoms with Crippen LogP contribution in [0.4, 0.5) is 5.69 Å². The van der Waals surface area contributed by atoms with Gasteiger partial charge in [0.15, 0.2) is 0 Å². The van der Waals surface area contributed by atoms with E-state index in [9.17, 15) is 0 Å². The van der Waals surface area contributed by atoms with Crippen LogP contribution in [0.15, 0.2) is 24.3 Å². The minimum atomic E-state index is -0.118. The summed E-state index contributed by atoms with van der Waals surface area (Å²) in [4.78, 5) is 2.46. The van der Waals surface area contributed by atoms with Crippen molar-refractivity contribution >= 4 is 5.69 Å². The van der Waals surface area contributed by atoms with Crippen LogP contribution in [0.1, 0.15) is 40.0 Å². The zero-order valence-corrected chi connectivity index (χ0v) is 11.2. The van der Waals surface area contributed by atoms with E-state index in [0.29, 0.717) is 0 Å². The average molecular weight is 233 g/mol. The van der Waals surface area contributed by atoms with Crippen molar-refractivity contribution in [2.24, 2.45) is 0 Å². The molecule has 0 spiro atoms. The Hall–Kier alpha value is -1.18. The topological polar surface area (TPSA) is 12.5 Å². The Morgan fingerprint density at radius 3 is 2.06 bits per heavy atom. The van der Waals surface area contributed by atoms with Crippen LogP contribution < -0.4 is 9.64 Å². The van der Waals surface area contributed by atoms with Crippen molar-refractivity contribution < 1.29 is 4.74 Å². The van der Waals surface area contributed by atoms with Crippen molar-refractivity contribution in [3.05, 3.63) is 24.3 Å². The lowest BCUT2D eigenvalue weighted by Crippen LogP contribution is -2.29. The summed E-state index contributed by atoms with van der Waals surface area (Å²) in [5, 5.41) is 0. The summed E-state index contributed by atoms with van der Waals surface area (Å²) in [6.07, 6.45) is 4.02. The highest BCUT2D eigenvalue weighted by molar-refractivity contribution is 5.49. The van der Waals surface area contributed by atoms with Gasteiger partial charge < -0.3 is 9.64 Å². The molecule has 0 unspecified atom stereocenters. The molecule has 1 heterocycles. The van der Waals surface area contributed by atoms with Crippen molar-refractivity contribution in [2.75, 3.05) is 18.0 Å². The molecule has 0 aromatic heterocycles. The van der Waals surface area contributed by atoms with Crippen molar-refractivity contribution in [3.63, 3.8) is 0 Å². The Labute approximate surface area is 105 Å². The molecule has 0 bridgehead atoms. The first-order valence-electron chi connectivity index (χ1n) is 6.59. The Morgan fingerprint density at radius 1 is 0.941 bits per heavy atom. The highest BCUT2D eigenvalue weighted by atomic mass is 16.5. The molecule has 1 aliphatic rings. The second kappa shape index (κ2) is 4.99. The van der Waals surface area contributed by atoms with Gasteiger partial charge in [0, 0.05) is 18.8 Å². The lowest BCUT2D eigenvalue weighted by Gasteiger charge is -2.29. The van der Waals surface area contributed by atoms with Crippen molar-refractivity contribution in [3.8, 4) is 5.75 Å². The Bertz CT molecular complexity index is 344. The highest BCUT2D eigenvalue weighted by Gasteiger charge is 2.13. The van der Waals surface area contributed by atoms with Crippen LogP contribution in [0.3, 0.4) is 0 Å². The molecule has 2 heteroatoms. The molecule has 0 radical (unpaired) electrons. The maximum atomic E-state index is 5.83. The standard InChI is InChI=1S/C15H23NO/c1-15(2,3)17-14-9-7-13(8-10-14)16-11-5-4-6-12-16/h7-10H,4-6,11-12H2,1-3H3. The third-order valence-electron chi connectivity index (χ3n) is 2.98. The maximum absolute atomic E-state index is 5.83. The number of rotatable bonds is 2. The first-order chi connectivity index (χ1) is 8.04. The van der Waals surface area contributed by atoms with Gasteiger partial charge in [0.05, 0.1) is 0 Å². The molecule has 1 aliphatic heterocycles. The van der Waals surface area contributed by atoms with Gasteiger partial charge in [-0.05, 0) is 64.3 Å². The summed E-state index contributed by atoms with van der Waals surface area (Å²) in [6, 6.07) is 8.50. The fourth-order valence-corrected chi connectivity index (χ4v) is 2.23. The molecule has 1 fully saturated rings. The van der Waals surface area contributed by atoms with E-state index in [1.54, 1.807) is 0 Å². The predicted octanol–water partition coefficient (Wildman–Crippen LogP) is 3.85. The molecule has 0 amide bonds. The number of piperidine rings is 1. The summed E-state index contributed by atoms with van der Waals surface area (Å²) in [5.74, 6) is 0.957. The van der Waals surface area contributed by atoms with Crippen molar-refractivity contribution in [1.82, 2.24) is 0 Å². The normalized spacial score (nSPS) is 17.0. The fourth-order valence-electron chi connectivity index (χ4n) is 2.23. The molecule has 2 nitrogen and oxygen atoms in total. The molecule has 1 aromatic carbocycles. The Kier molecular flexibility index (Phi) is 3.60. The summed E-state index contributed by atoms with van der Waals surface area (Å²) >= 11 is 0. The van der Waals surface area contributed by atoms with Gasteiger partial charge in [-0.2, -0.15) is 0 Å². The first-order valence-corrected chi connectivity index (χ1v) is 6.59. The molecule has 0 N–H and O–H groups in total. The van der Waals surface area contributed by atoms with Crippen LogP contribution in [0.2, 0.25) is 0 Å². The van der Waals surface area contributed by atoms with E-state index >= 15 is 0 Å². The zero-order valence-electron chi connectivity index (χ0n) is 11.2. The van der Waals surface area contributed by atoms with E-state index in [2.05, 4.69) is 49.9 Å². The van der Waals surface area contributed by atoms with Crippen LogP contribution in [0.25, 0.3) is 0 Å². The lowest BCUT2D eigenvalue weighted by molar-refractivity contribution is 0.131. The van der Waals surface area contributed by atoms with E-state index in [1.807, 2.05) is 0 Å². The number of ether oxygens (including phenoxy) is 1. The van der Waals surface area contributed by atoms with Gasteiger partial charge in [-0.25, -0.2) is 0 Å². The van der Waals surface area contributed by atoms with Crippen LogP contribution >= 0.6 is 0 Å². The first kappa shape index (κ1) is 12.3. The van der Waals surface area contributed by atoms with Crippen molar-refractivity contribution in [1.29, 1.82) is 0 Å². The molecular weight excluding hydrogens is 210 g/mol. The number of benzene rings is 1. The quantitative estimate of drug-likeness (QED) is 0.769. The summed E-state index contributed by atoms with van der Waals surface area (Å²) in [7, 11) is 0. The van der Waals surface area contributed by atoms with E-state index < -0.39 is 0 Å². The average Bonchev–Trinajstić information content (AvgIpc) is 2.29. The Balaban J connectivity index is 2.02. The second-order valence-electron chi connectivity index (χ2n) is 5.76. The molecule has 0 atom stereocenters. The molecule has 2 rings (SSSR count). The smallest absolute Gasteiger partial charge is 0.120 e. The number of hydrogen-bond donors (Lipinski definition) is 0. The summed E-state index contributed by atoms with van der Waals surface area (Å²) < 4.78 is 5.83. The SMILES string of the molecule is CC(C)(C)Oc1ccc(N2CCCCC2)cc1. The zero-order chi connectivity index (χ0) is 12.3. The van der Waals surface area contributed by atoms with E-state index in [-0.39, 0.29) is 5.60 Å². The predicted molar refractivity (Wildman–Crippen MR) is 72.9 cm³/mol. The van der Waals surface area contributed by atoms with Gasteiger partial charge in [0.1, 0.15) is 11.4 Å². The number of nitrogens with zero attached hydrogens (tertiary/aromatic N) is 1. The largest absolute Gasteiger partial charge is 0.488 e. The van der Waals surface area contributed by atoms with E-state index in [4.69, 9.17) is 4.74 Å². The van der Waals surface area contributed by atoms with Gasteiger partial charge in [-0.1, -0.05) is 0 Å². The van der Waals surface area contributed by atoms with Crippen LogP contribution in [0, 0.1) is 0 Å². The molecule has 0 saturated carbocycles. The fraction of sp³-hybridized carbons (Fsp3) is 0.600. The second-order valence-corrected chi connectivity index (χ2v) is 5.76. The summed E-state index contributed by atoms with van der Waals surface area (Å²) in [5.41, 5.74) is 1.21. The molecule has 94 valence electrons. The van der Waals surface area contributed by atoms with Gasteiger partial charge in [0.25, 0.3) is 0 Å². The molecule has 1 saturated heterocycles. The molecule has 17 heavy (non-hydrogen) atoms. The van der Waals surface area contributed by atoms with Gasteiger partial charge in [-0.15, -0.1) is 0 Å². The van der Waals surface area contributed by atoms with Gasteiger partial charge in [-0.3, -0.25) is 0 Å². The minimum absolute atomic E-state index is 0.118. The maximum Gasteiger partial charge on any atom is 0.120 e. The summed E-state index contributed by atoms with van der Waals surface area (Å²) in [6.45, 7) is 8.61. The third kappa shape index (κ3) is 3.65. The van der Waals surface area contributed by atoms with Gasteiger partial charge >= 0.3 is 0 Å². The van der Waals surface area contributed by atoms with E-state index in [0.717, 1.165) is 5.75 Å². The minimum Gasteiger partial charge on any atom is -0.488 e. The van der Waals surface area contributed by atoms with Gasteiger partial charge in [0.2, 0.25) is 0 Å². The lowest BCUT2D eigenvalue weighted by atomic mass is 10.1. The molecule has 1 aromatic rings. The monoisotopic (exact) mass is 233 g/mol. The van der Waals surface area contributed by atoms with Crippen LogP contribution in [-0.4, -0.2) is 18.7 Å². The van der Waals surface area contributed by atoms with Crippen molar-refractivity contribution in [2.45, 2.75) is 45.6 Å². The highest BCUT2D eigenvalue weighted by Crippen LogP contribution is 2.24. The molecule has 0 aliphatic carbocycles. The molecular formula is C15H23NO. The number of anilines is 1. The number of hydrogen-bond acceptors (Lipinski definition) is 2. The van der Waals surface area contributed by atoms with E-state index in [1.165, 1.54) is 38.0 Å². The van der Waals surface area contributed by atoms with Crippen LogP contribution in [0.5, 0.6) is 5.75 Å². The Morgan fingerprint density at radius 2 is 1.53 bits per heavy atom.